The van der Waals surface area contributed by atoms with Gasteiger partial charge in [0.15, 0.2) is 0 Å². The molecule has 0 spiro atoms. The first-order chi connectivity index (χ1) is 7.18. The zero-order valence-corrected chi connectivity index (χ0v) is 10.1. The summed E-state index contributed by atoms with van der Waals surface area (Å²) in [5.41, 5.74) is 6.37. The maximum absolute atomic E-state index is 7.04. The summed E-state index contributed by atoms with van der Waals surface area (Å²) in [4.78, 5) is 0. The number of halogens is 1. The van der Waals surface area contributed by atoms with Gasteiger partial charge in [-0.3, -0.25) is 5.41 Å². The summed E-state index contributed by atoms with van der Waals surface area (Å²) >= 11 is 3.40. The molecule has 0 aliphatic carbocycles. The highest BCUT2D eigenvalue weighted by Gasteiger charge is 1.95. The second-order valence-electron chi connectivity index (χ2n) is 3.31. The van der Waals surface area contributed by atoms with Crippen LogP contribution in [0.1, 0.15) is 18.4 Å². The first-order valence-corrected chi connectivity index (χ1v) is 5.63. The van der Waals surface area contributed by atoms with Gasteiger partial charge in [-0.05, 0) is 24.1 Å². The van der Waals surface area contributed by atoms with Gasteiger partial charge >= 0.3 is 0 Å². The van der Waals surface area contributed by atoms with Gasteiger partial charge in [-0.2, -0.15) is 0 Å². The number of nitrogens with two attached hydrogens (primary N) is 1. The largest absolute Gasteiger partial charge is 0.388 e. The summed E-state index contributed by atoms with van der Waals surface area (Å²) in [5, 5.41) is 7.04. The van der Waals surface area contributed by atoms with Crippen molar-refractivity contribution in [3.05, 3.63) is 34.3 Å². The Bertz CT molecular complexity index is 328. The second-order valence-corrected chi connectivity index (χ2v) is 4.23. The average molecular weight is 271 g/mol. The lowest BCUT2D eigenvalue weighted by molar-refractivity contribution is 0.119. The highest BCUT2D eigenvalue weighted by atomic mass is 79.9. The highest BCUT2D eigenvalue weighted by Crippen LogP contribution is 2.12. The first kappa shape index (κ1) is 12.2. The topological polar surface area (TPSA) is 59.1 Å². The van der Waals surface area contributed by atoms with Crippen molar-refractivity contribution < 1.29 is 4.74 Å². The molecule has 0 unspecified atom stereocenters. The molecular weight excluding hydrogens is 256 g/mol. The maximum atomic E-state index is 7.04. The van der Waals surface area contributed by atoms with Crippen molar-refractivity contribution in [2.45, 2.75) is 19.4 Å². The van der Waals surface area contributed by atoms with E-state index in [4.69, 9.17) is 15.9 Å². The number of hydrogen-bond donors (Lipinski definition) is 2. The van der Waals surface area contributed by atoms with E-state index in [1.54, 1.807) is 0 Å². The smallest absolute Gasteiger partial charge is 0.0906 e. The predicted octanol–water partition coefficient (Wildman–Crippen LogP) is 2.68. The molecule has 0 amide bonds. The van der Waals surface area contributed by atoms with E-state index in [9.17, 15) is 0 Å². The minimum atomic E-state index is 0.223. The molecule has 3 N–H and O–H groups in total. The fourth-order valence-electron chi connectivity index (χ4n) is 1.18. The molecule has 0 fully saturated rings. The lowest BCUT2D eigenvalue weighted by Gasteiger charge is -2.04. The van der Waals surface area contributed by atoms with E-state index in [0.29, 0.717) is 19.6 Å². The molecule has 3 nitrogen and oxygen atoms in total. The van der Waals surface area contributed by atoms with Crippen LogP contribution in [0, 0.1) is 5.41 Å². The van der Waals surface area contributed by atoms with E-state index < -0.39 is 0 Å². The normalized spacial score (nSPS) is 10.2. The number of benzene rings is 1. The van der Waals surface area contributed by atoms with Crippen molar-refractivity contribution in [1.29, 1.82) is 5.41 Å². The van der Waals surface area contributed by atoms with E-state index in [2.05, 4.69) is 15.9 Å². The van der Waals surface area contributed by atoms with E-state index >= 15 is 0 Å². The fraction of sp³-hybridized carbons (Fsp3) is 0.364. The van der Waals surface area contributed by atoms with E-state index in [-0.39, 0.29) is 5.84 Å². The van der Waals surface area contributed by atoms with Gasteiger partial charge < -0.3 is 10.5 Å². The van der Waals surface area contributed by atoms with Gasteiger partial charge in [-0.25, -0.2) is 0 Å². The highest BCUT2D eigenvalue weighted by molar-refractivity contribution is 9.10. The van der Waals surface area contributed by atoms with Crippen LogP contribution in [0.5, 0.6) is 0 Å². The van der Waals surface area contributed by atoms with Gasteiger partial charge in [0.05, 0.1) is 12.4 Å². The maximum Gasteiger partial charge on any atom is 0.0906 e. The second kappa shape index (κ2) is 6.58. The van der Waals surface area contributed by atoms with Crippen LogP contribution < -0.4 is 5.73 Å². The summed E-state index contributed by atoms with van der Waals surface area (Å²) in [6, 6.07) is 8.03. The molecule has 1 rings (SSSR count). The van der Waals surface area contributed by atoms with Gasteiger partial charge in [-0.1, -0.05) is 28.1 Å². The monoisotopic (exact) mass is 270 g/mol. The van der Waals surface area contributed by atoms with Crippen molar-refractivity contribution in [2.24, 2.45) is 5.73 Å². The number of ether oxygens (including phenoxy) is 1. The molecule has 0 aromatic heterocycles. The Balaban J connectivity index is 2.17. The zero-order chi connectivity index (χ0) is 11.1. The van der Waals surface area contributed by atoms with Crippen LogP contribution in [-0.4, -0.2) is 12.4 Å². The molecule has 0 aliphatic heterocycles. The molecule has 0 aliphatic rings. The lowest BCUT2D eigenvalue weighted by atomic mass is 10.2. The van der Waals surface area contributed by atoms with Crippen molar-refractivity contribution in [3.63, 3.8) is 0 Å². The predicted molar refractivity (Wildman–Crippen MR) is 64.9 cm³/mol. The van der Waals surface area contributed by atoms with Gasteiger partial charge in [0.25, 0.3) is 0 Å². The molecule has 0 saturated carbocycles. The Kier molecular flexibility index (Phi) is 5.36. The van der Waals surface area contributed by atoms with Crippen LogP contribution in [0.25, 0.3) is 0 Å². The van der Waals surface area contributed by atoms with Crippen LogP contribution >= 0.6 is 15.9 Å². The molecule has 1 aromatic carbocycles. The standard InChI is InChI=1S/C11H15BrN2O/c12-10-4-1-3-9(7-10)8-15-6-2-5-11(13)14/h1,3-4,7H,2,5-6,8H2,(H3,13,14). The van der Waals surface area contributed by atoms with Gasteiger partial charge in [0.1, 0.15) is 0 Å². The third kappa shape index (κ3) is 5.54. The molecule has 0 heterocycles. The molecule has 15 heavy (non-hydrogen) atoms. The van der Waals surface area contributed by atoms with Crippen LogP contribution in [0.3, 0.4) is 0 Å². The van der Waals surface area contributed by atoms with Gasteiger partial charge in [0, 0.05) is 17.5 Å². The number of amidine groups is 1. The molecule has 82 valence electrons. The van der Waals surface area contributed by atoms with Crippen LogP contribution in [0.15, 0.2) is 28.7 Å². The zero-order valence-electron chi connectivity index (χ0n) is 8.50. The molecule has 4 heteroatoms. The fourth-order valence-corrected chi connectivity index (χ4v) is 1.63. The minimum Gasteiger partial charge on any atom is -0.388 e. The van der Waals surface area contributed by atoms with Gasteiger partial charge in [-0.15, -0.1) is 0 Å². The molecular formula is C11H15BrN2O. The Hall–Kier alpha value is -0.870. The summed E-state index contributed by atoms with van der Waals surface area (Å²) in [7, 11) is 0. The number of hydrogen-bond acceptors (Lipinski definition) is 2. The first-order valence-electron chi connectivity index (χ1n) is 4.83. The van der Waals surface area contributed by atoms with Crippen LogP contribution in [0.2, 0.25) is 0 Å². The Morgan fingerprint density at radius 2 is 2.27 bits per heavy atom. The van der Waals surface area contributed by atoms with Crippen molar-refractivity contribution >= 4 is 21.8 Å². The van der Waals surface area contributed by atoms with Crippen molar-refractivity contribution in [1.82, 2.24) is 0 Å². The van der Waals surface area contributed by atoms with E-state index in [1.165, 1.54) is 0 Å². The third-order valence-electron chi connectivity index (χ3n) is 1.89. The quantitative estimate of drug-likeness (QED) is 0.474. The lowest BCUT2D eigenvalue weighted by Crippen LogP contribution is -2.10. The molecule has 0 radical (unpaired) electrons. The average Bonchev–Trinajstić information content (AvgIpc) is 2.17. The molecule has 0 saturated heterocycles. The minimum absolute atomic E-state index is 0.223. The Labute approximate surface area is 98.3 Å². The van der Waals surface area contributed by atoms with Gasteiger partial charge in [0.2, 0.25) is 0 Å². The van der Waals surface area contributed by atoms with Crippen molar-refractivity contribution in [3.8, 4) is 0 Å². The molecule has 1 aromatic rings. The number of rotatable bonds is 6. The Morgan fingerprint density at radius 1 is 1.47 bits per heavy atom. The third-order valence-corrected chi connectivity index (χ3v) is 2.39. The summed E-state index contributed by atoms with van der Waals surface area (Å²) in [5.74, 6) is 0.223. The summed E-state index contributed by atoms with van der Waals surface area (Å²) in [6.07, 6.45) is 1.42. The molecule has 0 atom stereocenters. The summed E-state index contributed by atoms with van der Waals surface area (Å²) in [6.45, 7) is 1.25. The van der Waals surface area contributed by atoms with E-state index in [1.807, 2.05) is 24.3 Å². The Morgan fingerprint density at radius 3 is 2.93 bits per heavy atom. The van der Waals surface area contributed by atoms with Crippen molar-refractivity contribution in [2.75, 3.05) is 6.61 Å². The van der Waals surface area contributed by atoms with Crippen LogP contribution in [0.4, 0.5) is 0 Å². The molecule has 0 bridgehead atoms. The van der Waals surface area contributed by atoms with E-state index in [0.717, 1.165) is 16.5 Å². The SMILES string of the molecule is N=C(N)CCCOCc1cccc(Br)c1. The van der Waals surface area contributed by atoms with Crippen LogP contribution in [-0.2, 0) is 11.3 Å². The summed E-state index contributed by atoms with van der Waals surface area (Å²) < 4.78 is 6.51. The number of nitrogens with one attached hydrogen (secondary N) is 1.